The van der Waals surface area contributed by atoms with Gasteiger partial charge in [0.15, 0.2) is 0 Å². The fourth-order valence-corrected chi connectivity index (χ4v) is 3.90. The molecular weight excluding hydrogens is 324 g/mol. The van der Waals surface area contributed by atoms with Crippen LogP contribution in [0.5, 0.6) is 0 Å². The number of anilines is 1. The summed E-state index contributed by atoms with van der Waals surface area (Å²) in [7, 11) is 0. The van der Waals surface area contributed by atoms with Gasteiger partial charge in [-0.1, -0.05) is 30.3 Å². The molecule has 0 saturated carbocycles. The van der Waals surface area contributed by atoms with Crippen molar-refractivity contribution in [2.75, 3.05) is 11.4 Å². The summed E-state index contributed by atoms with van der Waals surface area (Å²) < 4.78 is 0. The minimum atomic E-state index is 0.0433. The van der Waals surface area contributed by atoms with Gasteiger partial charge in [-0.2, -0.15) is 0 Å². The maximum atomic E-state index is 12.2. The Bertz CT molecular complexity index is 827. The number of nitrogens with zero attached hydrogens (tertiary/aromatic N) is 1. The Hall–Kier alpha value is -2.62. The van der Waals surface area contributed by atoms with Gasteiger partial charge in [0.05, 0.1) is 6.42 Å². The predicted molar refractivity (Wildman–Crippen MR) is 102 cm³/mol. The summed E-state index contributed by atoms with van der Waals surface area (Å²) in [6.45, 7) is 1.31. The van der Waals surface area contributed by atoms with E-state index in [1.165, 1.54) is 24.0 Å². The van der Waals surface area contributed by atoms with E-state index in [2.05, 4.69) is 23.5 Å². The van der Waals surface area contributed by atoms with E-state index in [-0.39, 0.29) is 11.8 Å². The zero-order chi connectivity index (χ0) is 17.9. The molecule has 1 aliphatic heterocycles. The van der Waals surface area contributed by atoms with Crippen LogP contribution < -0.4 is 10.2 Å². The van der Waals surface area contributed by atoms with Crippen LogP contribution >= 0.6 is 0 Å². The van der Waals surface area contributed by atoms with Gasteiger partial charge in [-0.3, -0.25) is 9.59 Å². The highest BCUT2D eigenvalue weighted by Gasteiger charge is 2.21. The highest BCUT2D eigenvalue weighted by Crippen LogP contribution is 2.23. The molecule has 1 N–H and O–H groups in total. The van der Waals surface area contributed by atoms with Crippen LogP contribution in [0.2, 0.25) is 0 Å². The largest absolute Gasteiger partial charge is 0.352 e. The van der Waals surface area contributed by atoms with Crippen LogP contribution in [0.3, 0.4) is 0 Å². The van der Waals surface area contributed by atoms with Crippen molar-refractivity contribution in [3.05, 3.63) is 64.7 Å². The van der Waals surface area contributed by atoms with Gasteiger partial charge < -0.3 is 10.2 Å². The van der Waals surface area contributed by atoms with E-state index in [1.807, 2.05) is 29.2 Å². The number of hydrogen-bond acceptors (Lipinski definition) is 2. The first kappa shape index (κ1) is 16.8. The molecule has 1 fully saturated rings. The van der Waals surface area contributed by atoms with Gasteiger partial charge in [0.2, 0.25) is 11.8 Å². The zero-order valence-electron chi connectivity index (χ0n) is 15.0. The van der Waals surface area contributed by atoms with Gasteiger partial charge in [-0.05, 0) is 60.1 Å². The van der Waals surface area contributed by atoms with Gasteiger partial charge in [0, 0.05) is 25.2 Å². The number of benzene rings is 2. The lowest BCUT2D eigenvalue weighted by Crippen LogP contribution is -2.25. The Kier molecular flexibility index (Phi) is 4.74. The molecule has 0 spiro atoms. The molecule has 0 atom stereocenters. The smallest absolute Gasteiger partial charge is 0.227 e. The molecule has 2 aliphatic rings. The summed E-state index contributed by atoms with van der Waals surface area (Å²) in [4.78, 5) is 25.9. The second-order valence-corrected chi connectivity index (χ2v) is 7.23. The number of carbonyl (C=O) groups is 2. The van der Waals surface area contributed by atoms with Crippen molar-refractivity contribution in [3.8, 4) is 0 Å². The third kappa shape index (κ3) is 3.64. The van der Waals surface area contributed by atoms with Gasteiger partial charge in [-0.25, -0.2) is 0 Å². The molecule has 0 aromatic heterocycles. The molecule has 0 unspecified atom stereocenters. The maximum Gasteiger partial charge on any atom is 0.227 e. The van der Waals surface area contributed by atoms with E-state index in [0.29, 0.717) is 19.4 Å². The quantitative estimate of drug-likeness (QED) is 0.902. The standard InChI is InChI=1S/C22H24N2O2/c25-21(14-17-6-9-18-3-1-4-19(18)13-17)23-15-16-7-10-20(11-8-16)24-12-2-5-22(24)26/h6-11,13H,1-5,12,14-15H2,(H,23,25). The highest BCUT2D eigenvalue weighted by molar-refractivity contribution is 5.95. The fourth-order valence-electron chi connectivity index (χ4n) is 3.90. The van der Waals surface area contributed by atoms with E-state index in [9.17, 15) is 9.59 Å². The van der Waals surface area contributed by atoms with E-state index < -0.39 is 0 Å². The number of amides is 2. The average molecular weight is 348 g/mol. The first-order valence-electron chi connectivity index (χ1n) is 9.46. The monoisotopic (exact) mass is 348 g/mol. The normalized spacial score (nSPS) is 16.0. The molecule has 134 valence electrons. The number of nitrogens with one attached hydrogen (secondary N) is 1. The molecule has 0 bridgehead atoms. The summed E-state index contributed by atoms with van der Waals surface area (Å²) in [5.41, 5.74) is 5.92. The van der Waals surface area contributed by atoms with Gasteiger partial charge >= 0.3 is 0 Å². The van der Waals surface area contributed by atoms with Crippen LogP contribution in [0.15, 0.2) is 42.5 Å². The first-order valence-corrected chi connectivity index (χ1v) is 9.46. The predicted octanol–water partition coefficient (Wildman–Crippen LogP) is 3.16. The molecule has 2 aromatic rings. The van der Waals surface area contributed by atoms with Crippen molar-refractivity contribution in [1.29, 1.82) is 0 Å². The topological polar surface area (TPSA) is 49.4 Å². The highest BCUT2D eigenvalue weighted by atomic mass is 16.2. The lowest BCUT2D eigenvalue weighted by Gasteiger charge is -2.16. The Morgan fingerprint density at radius 3 is 2.46 bits per heavy atom. The third-order valence-electron chi connectivity index (χ3n) is 5.34. The SMILES string of the molecule is O=C(Cc1ccc2c(c1)CCC2)NCc1ccc(N2CCCC2=O)cc1. The minimum Gasteiger partial charge on any atom is -0.352 e. The van der Waals surface area contributed by atoms with Crippen molar-refractivity contribution in [2.24, 2.45) is 0 Å². The summed E-state index contributed by atoms with van der Waals surface area (Å²) in [5.74, 6) is 0.238. The molecule has 2 aromatic carbocycles. The Morgan fingerprint density at radius 2 is 1.69 bits per heavy atom. The first-order chi connectivity index (χ1) is 12.7. The molecule has 2 amide bonds. The molecule has 1 heterocycles. The summed E-state index contributed by atoms with van der Waals surface area (Å²) in [5, 5.41) is 2.99. The molecule has 1 aliphatic carbocycles. The van der Waals surface area contributed by atoms with E-state index in [1.54, 1.807) is 0 Å². The maximum absolute atomic E-state index is 12.2. The van der Waals surface area contributed by atoms with Crippen LogP contribution in [-0.2, 0) is 35.4 Å². The number of rotatable bonds is 5. The van der Waals surface area contributed by atoms with Crippen LogP contribution in [0.25, 0.3) is 0 Å². The van der Waals surface area contributed by atoms with Crippen molar-refractivity contribution in [1.82, 2.24) is 5.32 Å². The van der Waals surface area contributed by atoms with Crippen molar-refractivity contribution in [2.45, 2.75) is 45.1 Å². The molecule has 4 heteroatoms. The zero-order valence-corrected chi connectivity index (χ0v) is 15.0. The number of hydrogen-bond donors (Lipinski definition) is 1. The molecule has 4 nitrogen and oxygen atoms in total. The fraction of sp³-hybridized carbons (Fsp3) is 0.364. The number of carbonyl (C=O) groups excluding carboxylic acids is 2. The van der Waals surface area contributed by atoms with Crippen LogP contribution in [0.4, 0.5) is 5.69 Å². The number of fused-ring (bicyclic) bond motifs is 1. The average Bonchev–Trinajstić information content (AvgIpc) is 3.29. The molecular formula is C22H24N2O2. The van der Waals surface area contributed by atoms with Crippen LogP contribution in [0, 0.1) is 0 Å². The summed E-state index contributed by atoms with van der Waals surface area (Å²) in [6.07, 6.45) is 5.52. The molecule has 26 heavy (non-hydrogen) atoms. The molecule has 1 saturated heterocycles. The van der Waals surface area contributed by atoms with E-state index >= 15 is 0 Å². The summed E-state index contributed by atoms with van der Waals surface area (Å²) in [6, 6.07) is 14.3. The second kappa shape index (κ2) is 7.32. The van der Waals surface area contributed by atoms with Crippen LogP contribution in [-0.4, -0.2) is 18.4 Å². The Morgan fingerprint density at radius 1 is 0.923 bits per heavy atom. The lowest BCUT2D eigenvalue weighted by atomic mass is 10.0. The van der Waals surface area contributed by atoms with Gasteiger partial charge in [0.1, 0.15) is 0 Å². The lowest BCUT2D eigenvalue weighted by molar-refractivity contribution is -0.120. The third-order valence-corrected chi connectivity index (χ3v) is 5.34. The van der Waals surface area contributed by atoms with Crippen molar-refractivity contribution < 1.29 is 9.59 Å². The number of aryl methyl sites for hydroxylation is 2. The van der Waals surface area contributed by atoms with Gasteiger partial charge in [0.25, 0.3) is 0 Å². The Labute approximate surface area is 154 Å². The van der Waals surface area contributed by atoms with Crippen molar-refractivity contribution >= 4 is 17.5 Å². The van der Waals surface area contributed by atoms with Crippen molar-refractivity contribution in [3.63, 3.8) is 0 Å². The van der Waals surface area contributed by atoms with E-state index in [0.717, 1.165) is 36.2 Å². The Balaban J connectivity index is 1.31. The molecule has 4 rings (SSSR count). The molecule has 0 radical (unpaired) electrons. The summed E-state index contributed by atoms with van der Waals surface area (Å²) >= 11 is 0. The van der Waals surface area contributed by atoms with Crippen LogP contribution in [0.1, 0.15) is 41.5 Å². The van der Waals surface area contributed by atoms with E-state index in [4.69, 9.17) is 0 Å². The minimum absolute atomic E-state index is 0.0433. The second-order valence-electron chi connectivity index (χ2n) is 7.23. The van der Waals surface area contributed by atoms with Gasteiger partial charge in [-0.15, -0.1) is 0 Å².